The van der Waals surface area contributed by atoms with Gasteiger partial charge in [-0.2, -0.15) is 0 Å². The van der Waals surface area contributed by atoms with Crippen molar-refractivity contribution in [2.75, 3.05) is 19.8 Å². The minimum absolute atomic E-state index is 0.0679. The second-order valence-electron chi connectivity index (χ2n) is 5.25. The van der Waals surface area contributed by atoms with Crippen LogP contribution in [0.15, 0.2) is 12.1 Å². The average molecular weight is 288 g/mol. The Kier molecular flexibility index (Phi) is 3.65. The summed E-state index contributed by atoms with van der Waals surface area (Å²) < 4.78 is 12.2. The maximum atomic E-state index is 6.39. The van der Waals surface area contributed by atoms with E-state index in [1.54, 1.807) is 11.3 Å². The zero-order valence-electron chi connectivity index (χ0n) is 10.2. The molecule has 1 aromatic heterocycles. The van der Waals surface area contributed by atoms with Crippen LogP contribution in [-0.2, 0) is 9.47 Å². The zero-order valence-corrected chi connectivity index (χ0v) is 11.8. The largest absolute Gasteiger partial charge is 0.378 e. The SMILES string of the molecule is NC(c1ccc(Cl)s1)C1CCOC2(CCOC2)C1. The summed E-state index contributed by atoms with van der Waals surface area (Å²) in [5.74, 6) is 0.468. The molecular weight excluding hydrogens is 270 g/mol. The number of thiophene rings is 1. The van der Waals surface area contributed by atoms with Crippen LogP contribution >= 0.6 is 22.9 Å². The molecule has 2 aliphatic rings. The highest BCUT2D eigenvalue weighted by Gasteiger charge is 2.42. The number of hydrogen-bond acceptors (Lipinski definition) is 4. The maximum absolute atomic E-state index is 6.39. The van der Waals surface area contributed by atoms with E-state index < -0.39 is 0 Å². The summed E-state index contributed by atoms with van der Waals surface area (Å²) in [5.41, 5.74) is 6.32. The lowest BCUT2D eigenvalue weighted by Crippen LogP contribution is -2.43. The highest BCUT2D eigenvalue weighted by atomic mass is 35.5. The van der Waals surface area contributed by atoms with Gasteiger partial charge in [0.25, 0.3) is 0 Å². The van der Waals surface area contributed by atoms with Gasteiger partial charge in [0, 0.05) is 30.6 Å². The fourth-order valence-electron chi connectivity index (χ4n) is 2.98. The molecule has 3 heterocycles. The molecule has 0 aliphatic carbocycles. The van der Waals surface area contributed by atoms with Gasteiger partial charge in [-0.25, -0.2) is 0 Å². The number of nitrogens with two attached hydrogens (primary N) is 1. The van der Waals surface area contributed by atoms with Gasteiger partial charge in [-0.3, -0.25) is 0 Å². The first kappa shape index (κ1) is 12.9. The molecule has 3 atom stereocenters. The minimum Gasteiger partial charge on any atom is -0.378 e. The summed E-state index contributed by atoms with van der Waals surface area (Å²) in [5, 5.41) is 0. The predicted molar refractivity (Wildman–Crippen MR) is 73.1 cm³/mol. The third kappa shape index (κ3) is 2.45. The van der Waals surface area contributed by atoms with E-state index in [1.807, 2.05) is 12.1 Å². The smallest absolute Gasteiger partial charge is 0.0940 e. The van der Waals surface area contributed by atoms with Gasteiger partial charge in [-0.15, -0.1) is 11.3 Å². The summed E-state index contributed by atoms with van der Waals surface area (Å²) in [6.45, 7) is 2.33. The number of rotatable bonds is 2. The molecule has 3 nitrogen and oxygen atoms in total. The standard InChI is InChI=1S/C13H18ClNO2S/c14-11-2-1-10(18-11)12(15)9-3-5-17-13(7-9)4-6-16-8-13/h1-2,9,12H,3-8,15H2. The van der Waals surface area contributed by atoms with Crippen LogP contribution in [0.5, 0.6) is 0 Å². The maximum Gasteiger partial charge on any atom is 0.0940 e. The van der Waals surface area contributed by atoms with Crippen LogP contribution in [0.2, 0.25) is 4.34 Å². The fourth-order valence-corrected chi connectivity index (χ4v) is 4.13. The molecule has 2 fully saturated rings. The van der Waals surface area contributed by atoms with Crippen LogP contribution < -0.4 is 5.73 Å². The number of hydrogen-bond donors (Lipinski definition) is 1. The van der Waals surface area contributed by atoms with Crippen molar-refractivity contribution in [1.29, 1.82) is 0 Å². The molecule has 0 aromatic carbocycles. The van der Waals surface area contributed by atoms with Gasteiger partial charge in [-0.05, 0) is 30.9 Å². The van der Waals surface area contributed by atoms with Gasteiger partial charge in [0.2, 0.25) is 0 Å². The first-order chi connectivity index (χ1) is 8.69. The quantitative estimate of drug-likeness (QED) is 0.909. The van der Waals surface area contributed by atoms with Crippen LogP contribution in [0.3, 0.4) is 0 Å². The topological polar surface area (TPSA) is 44.5 Å². The zero-order chi connectivity index (χ0) is 12.6. The monoisotopic (exact) mass is 287 g/mol. The Hall–Kier alpha value is -0.130. The van der Waals surface area contributed by atoms with Gasteiger partial charge in [0.05, 0.1) is 16.5 Å². The molecule has 0 bridgehead atoms. The van der Waals surface area contributed by atoms with Gasteiger partial charge < -0.3 is 15.2 Å². The van der Waals surface area contributed by atoms with Crippen LogP contribution in [-0.4, -0.2) is 25.4 Å². The molecule has 18 heavy (non-hydrogen) atoms. The van der Waals surface area contributed by atoms with E-state index in [1.165, 1.54) is 4.88 Å². The Morgan fingerprint density at radius 3 is 3.00 bits per heavy atom. The summed E-state index contributed by atoms with van der Waals surface area (Å²) >= 11 is 7.57. The Morgan fingerprint density at radius 2 is 2.33 bits per heavy atom. The number of halogens is 1. The van der Waals surface area contributed by atoms with Gasteiger partial charge in [-0.1, -0.05) is 11.6 Å². The Bertz CT molecular complexity index is 417. The normalized spacial score (nSPS) is 34.0. The third-order valence-electron chi connectivity index (χ3n) is 4.03. The van der Waals surface area contributed by atoms with Gasteiger partial charge in [0.15, 0.2) is 0 Å². The summed E-state index contributed by atoms with van der Waals surface area (Å²) in [6.07, 6.45) is 3.03. The second-order valence-corrected chi connectivity index (χ2v) is 7.00. The van der Waals surface area contributed by atoms with Crippen molar-refractivity contribution in [3.05, 3.63) is 21.3 Å². The van der Waals surface area contributed by atoms with Crippen molar-refractivity contribution in [2.45, 2.75) is 30.9 Å². The first-order valence-corrected chi connectivity index (χ1v) is 7.61. The molecule has 2 N–H and O–H groups in total. The van der Waals surface area contributed by atoms with E-state index in [2.05, 4.69) is 0 Å². The van der Waals surface area contributed by atoms with Gasteiger partial charge in [0.1, 0.15) is 0 Å². The number of ether oxygens (including phenoxy) is 2. The molecule has 0 radical (unpaired) electrons. The predicted octanol–water partition coefficient (Wildman–Crippen LogP) is 2.99. The molecule has 2 saturated heterocycles. The van der Waals surface area contributed by atoms with E-state index in [-0.39, 0.29) is 11.6 Å². The highest BCUT2D eigenvalue weighted by Crippen LogP contribution is 2.41. The minimum atomic E-state index is -0.0679. The molecule has 0 amide bonds. The lowest BCUT2D eigenvalue weighted by atomic mass is 9.81. The molecule has 2 aliphatic heterocycles. The lowest BCUT2D eigenvalue weighted by Gasteiger charge is -2.39. The molecule has 5 heteroatoms. The van der Waals surface area contributed by atoms with Crippen molar-refractivity contribution in [3.8, 4) is 0 Å². The Labute approximate surface area is 116 Å². The van der Waals surface area contributed by atoms with Crippen molar-refractivity contribution in [2.24, 2.45) is 11.7 Å². The van der Waals surface area contributed by atoms with Gasteiger partial charge >= 0.3 is 0 Å². The fraction of sp³-hybridized carbons (Fsp3) is 0.692. The highest BCUT2D eigenvalue weighted by molar-refractivity contribution is 7.16. The second kappa shape index (κ2) is 5.10. The van der Waals surface area contributed by atoms with Crippen LogP contribution in [0.1, 0.15) is 30.2 Å². The lowest BCUT2D eigenvalue weighted by molar-refractivity contribution is -0.101. The summed E-state index contributed by atoms with van der Waals surface area (Å²) in [6, 6.07) is 4.05. The molecule has 1 spiro atoms. The molecule has 1 aromatic rings. The van der Waals surface area contributed by atoms with Crippen molar-refractivity contribution in [1.82, 2.24) is 0 Å². The Balaban J connectivity index is 1.72. The average Bonchev–Trinajstić information content (AvgIpc) is 2.98. The van der Waals surface area contributed by atoms with Crippen LogP contribution in [0.25, 0.3) is 0 Å². The molecule has 3 unspecified atom stereocenters. The first-order valence-electron chi connectivity index (χ1n) is 6.41. The molecular formula is C13H18ClNO2S. The van der Waals surface area contributed by atoms with E-state index >= 15 is 0 Å². The van der Waals surface area contributed by atoms with Crippen LogP contribution in [0.4, 0.5) is 0 Å². The van der Waals surface area contributed by atoms with Crippen molar-refractivity contribution in [3.63, 3.8) is 0 Å². The van der Waals surface area contributed by atoms with Crippen LogP contribution in [0, 0.1) is 5.92 Å². The molecule has 0 saturated carbocycles. The van der Waals surface area contributed by atoms with E-state index in [9.17, 15) is 0 Å². The third-order valence-corrected chi connectivity index (χ3v) is 5.36. The van der Waals surface area contributed by atoms with E-state index in [4.69, 9.17) is 26.8 Å². The van der Waals surface area contributed by atoms with Crippen molar-refractivity contribution < 1.29 is 9.47 Å². The molecule has 100 valence electrons. The van der Waals surface area contributed by atoms with Crippen molar-refractivity contribution >= 4 is 22.9 Å². The summed E-state index contributed by atoms with van der Waals surface area (Å²) in [7, 11) is 0. The Morgan fingerprint density at radius 1 is 1.44 bits per heavy atom. The van der Waals surface area contributed by atoms with E-state index in [0.717, 1.165) is 43.4 Å². The summed E-state index contributed by atoms with van der Waals surface area (Å²) in [4.78, 5) is 1.18. The van der Waals surface area contributed by atoms with E-state index in [0.29, 0.717) is 5.92 Å². The molecule has 3 rings (SSSR count).